The lowest BCUT2D eigenvalue weighted by Gasteiger charge is -2.25. The smallest absolute Gasteiger partial charge is 0.241 e. The van der Waals surface area contributed by atoms with Gasteiger partial charge in [-0.25, -0.2) is 4.57 Å². The number of unbranched alkanes of at least 4 members (excludes halogenated alkanes) is 26. The lowest BCUT2D eigenvalue weighted by atomic mass is 9.84. The first-order valence-electron chi connectivity index (χ1n) is 20.9. The molecule has 1 heterocycles. The van der Waals surface area contributed by atoms with Gasteiger partial charge < -0.3 is 0 Å². The number of H-pyrrole nitrogens is 1. The Kier molecular flexibility index (Phi) is 27.1. The Balaban J connectivity index is 1.63. The van der Waals surface area contributed by atoms with E-state index in [9.17, 15) is 0 Å². The quantitative estimate of drug-likeness (QED) is 0.0583. The standard InChI is InChI=1S/C44H78N2/c1-3-5-7-9-11-13-15-16-17-18-19-20-22-23-25-27-32-36-43(40-42-34-30-29-31-35-42)44(46-39-38-45-41-46)37-33-28-26-24-21-14-12-10-8-6-4-2/h29-31,34-35,38-39,41,43-44H,3-28,32-33,36-37,40H2,1-2H3/p+1. The van der Waals surface area contributed by atoms with Crippen molar-refractivity contribution in [3.05, 3.63) is 54.6 Å². The molecule has 0 aliphatic carbocycles. The Hall–Kier alpha value is -1.57. The topological polar surface area (TPSA) is 19.7 Å². The fraction of sp³-hybridized carbons (Fsp3) is 0.795. The van der Waals surface area contributed by atoms with Crippen LogP contribution in [-0.4, -0.2) is 4.98 Å². The zero-order valence-electron chi connectivity index (χ0n) is 31.1. The molecule has 46 heavy (non-hydrogen) atoms. The van der Waals surface area contributed by atoms with Crippen LogP contribution in [0.15, 0.2) is 49.1 Å². The van der Waals surface area contributed by atoms with Crippen LogP contribution in [0.4, 0.5) is 0 Å². The van der Waals surface area contributed by atoms with Crippen LogP contribution in [0.1, 0.15) is 218 Å². The van der Waals surface area contributed by atoms with E-state index >= 15 is 0 Å². The highest BCUT2D eigenvalue weighted by Crippen LogP contribution is 2.29. The first-order valence-corrected chi connectivity index (χ1v) is 20.9. The number of rotatable bonds is 34. The minimum absolute atomic E-state index is 0.603. The van der Waals surface area contributed by atoms with Crippen molar-refractivity contribution in [1.82, 2.24) is 4.98 Å². The van der Waals surface area contributed by atoms with Gasteiger partial charge in [0.2, 0.25) is 6.33 Å². The molecule has 2 nitrogen and oxygen atoms in total. The third-order valence-corrected chi connectivity index (χ3v) is 10.6. The van der Waals surface area contributed by atoms with E-state index in [1.165, 1.54) is 205 Å². The molecule has 2 heteroatoms. The SMILES string of the molecule is CCCCCCCCCCCCCCCCCCCC(Cc1ccccc1)C(CCCCCCCCCCCCC)[n+]1cc[nH]c1. The van der Waals surface area contributed by atoms with Crippen LogP contribution in [0.3, 0.4) is 0 Å². The van der Waals surface area contributed by atoms with Crippen LogP contribution in [0.2, 0.25) is 0 Å². The van der Waals surface area contributed by atoms with Crippen molar-refractivity contribution < 1.29 is 4.57 Å². The number of imidazole rings is 1. The van der Waals surface area contributed by atoms with Crippen LogP contribution in [0, 0.1) is 5.92 Å². The van der Waals surface area contributed by atoms with E-state index in [2.05, 4.69) is 72.5 Å². The zero-order valence-corrected chi connectivity index (χ0v) is 31.1. The molecule has 0 fully saturated rings. The summed E-state index contributed by atoms with van der Waals surface area (Å²) in [5.74, 6) is 0.711. The number of aromatic amines is 1. The summed E-state index contributed by atoms with van der Waals surface area (Å²) in [4.78, 5) is 3.36. The maximum absolute atomic E-state index is 3.36. The maximum Gasteiger partial charge on any atom is 0.241 e. The molecule has 0 saturated heterocycles. The summed E-state index contributed by atoms with van der Waals surface area (Å²) in [5, 5.41) is 0. The van der Waals surface area contributed by atoms with Gasteiger partial charge in [-0.1, -0.05) is 218 Å². The molecule has 0 aliphatic rings. The maximum atomic E-state index is 3.36. The highest BCUT2D eigenvalue weighted by Gasteiger charge is 2.26. The average Bonchev–Trinajstić information content (AvgIpc) is 3.62. The Bertz CT molecular complexity index is 844. The van der Waals surface area contributed by atoms with Crippen LogP contribution in [0.25, 0.3) is 0 Å². The second-order valence-corrected chi connectivity index (χ2v) is 14.8. The molecule has 1 aromatic heterocycles. The third-order valence-electron chi connectivity index (χ3n) is 10.6. The number of hydrogen-bond acceptors (Lipinski definition) is 0. The fourth-order valence-corrected chi connectivity index (χ4v) is 7.63. The molecule has 0 aliphatic heterocycles. The van der Waals surface area contributed by atoms with Crippen molar-refractivity contribution >= 4 is 0 Å². The van der Waals surface area contributed by atoms with Crippen molar-refractivity contribution in [2.75, 3.05) is 0 Å². The summed E-state index contributed by atoms with van der Waals surface area (Å²) in [6.45, 7) is 4.62. The van der Waals surface area contributed by atoms with Gasteiger partial charge in [0.1, 0.15) is 18.4 Å². The van der Waals surface area contributed by atoms with E-state index < -0.39 is 0 Å². The molecule has 264 valence electrons. The first kappa shape index (κ1) is 40.6. The monoisotopic (exact) mass is 636 g/mol. The van der Waals surface area contributed by atoms with Gasteiger partial charge in [-0.15, -0.1) is 0 Å². The van der Waals surface area contributed by atoms with Gasteiger partial charge in [0, 0.05) is 5.92 Å². The van der Waals surface area contributed by atoms with Crippen LogP contribution < -0.4 is 4.57 Å². The number of nitrogens with zero attached hydrogens (tertiary/aromatic N) is 1. The molecule has 0 bridgehead atoms. The minimum Gasteiger partial charge on any atom is -0.250 e. The third kappa shape index (κ3) is 22.1. The summed E-state index contributed by atoms with van der Waals surface area (Å²) in [6, 6.07) is 11.9. The van der Waals surface area contributed by atoms with Crippen molar-refractivity contribution in [1.29, 1.82) is 0 Å². The van der Waals surface area contributed by atoms with Gasteiger partial charge in [0.15, 0.2) is 0 Å². The van der Waals surface area contributed by atoms with E-state index in [1.807, 2.05) is 0 Å². The van der Waals surface area contributed by atoms with Crippen LogP contribution in [0.5, 0.6) is 0 Å². The highest BCUT2D eigenvalue weighted by atomic mass is 15.1. The Labute approximate surface area is 288 Å². The first-order chi connectivity index (χ1) is 22.8. The average molecular weight is 636 g/mol. The molecule has 1 aromatic carbocycles. The largest absolute Gasteiger partial charge is 0.250 e. The lowest BCUT2D eigenvalue weighted by Crippen LogP contribution is -2.42. The number of hydrogen-bond donors (Lipinski definition) is 1. The van der Waals surface area contributed by atoms with Gasteiger partial charge in [0.25, 0.3) is 0 Å². The molecule has 2 aromatic rings. The van der Waals surface area contributed by atoms with E-state index in [4.69, 9.17) is 0 Å². The predicted octanol–water partition coefficient (Wildman–Crippen LogP) is 14.4. The van der Waals surface area contributed by atoms with Gasteiger partial charge in [-0.3, -0.25) is 4.98 Å². The van der Waals surface area contributed by atoms with Crippen molar-refractivity contribution in [3.63, 3.8) is 0 Å². The number of benzene rings is 1. The summed E-state index contributed by atoms with van der Waals surface area (Å²) >= 11 is 0. The second kappa shape index (κ2) is 30.7. The van der Waals surface area contributed by atoms with Crippen LogP contribution in [-0.2, 0) is 6.42 Å². The normalized spacial score (nSPS) is 12.9. The van der Waals surface area contributed by atoms with E-state index in [0.29, 0.717) is 12.0 Å². The molecule has 2 atom stereocenters. The Morgan fingerprint density at radius 3 is 1.26 bits per heavy atom. The van der Waals surface area contributed by atoms with E-state index in [0.717, 1.165) is 0 Å². The predicted molar refractivity (Wildman–Crippen MR) is 204 cm³/mol. The van der Waals surface area contributed by atoms with Gasteiger partial charge in [-0.2, -0.15) is 0 Å². The molecular formula is C44H79N2+. The van der Waals surface area contributed by atoms with Gasteiger partial charge in [-0.05, 0) is 31.2 Å². The summed E-state index contributed by atoms with van der Waals surface area (Å²) in [6.07, 6.45) is 50.7. The number of aromatic nitrogens is 2. The lowest BCUT2D eigenvalue weighted by molar-refractivity contribution is -0.730. The van der Waals surface area contributed by atoms with Gasteiger partial charge >= 0.3 is 0 Å². The molecular weight excluding hydrogens is 556 g/mol. The van der Waals surface area contributed by atoms with Crippen molar-refractivity contribution in [2.24, 2.45) is 5.92 Å². The van der Waals surface area contributed by atoms with Crippen molar-refractivity contribution in [3.8, 4) is 0 Å². The minimum atomic E-state index is 0.603. The summed E-state index contributed by atoms with van der Waals surface area (Å²) in [5.41, 5.74) is 1.51. The van der Waals surface area contributed by atoms with Gasteiger partial charge in [0.05, 0.1) is 0 Å². The molecule has 2 rings (SSSR count). The summed E-state index contributed by atoms with van der Waals surface area (Å²) < 4.78 is 2.51. The highest BCUT2D eigenvalue weighted by molar-refractivity contribution is 5.15. The number of nitrogens with one attached hydrogen (secondary N) is 1. The van der Waals surface area contributed by atoms with E-state index in [1.54, 1.807) is 0 Å². The fourth-order valence-electron chi connectivity index (χ4n) is 7.63. The Morgan fingerprint density at radius 2 is 0.870 bits per heavy atom. The van der Waals surface area contributed by atoms with Crippen molar-refractivity contribution in [2.45, 2.75) is 219 Å². The Morgan fingerprint density at radius 1 is 0.478 bits per heavy atom. The molecule has 0 spiro atoms. The molecule has 0 radical (unpaired) electrons. The molecule has 2 unspecified atom stereocenters. The zero-order chi connectivity index (χ0) is 32.6. The molecule has 1 N–H and O–H groups in total. The summed E-state index contributed by atoms with van der Waals surface area (Å²) in [7, 11) is 0. The van der Waals surface area contributed by atoms with Crippen LogP contribution >= 0.6 is 0 Å². The molecule has 0 amide bonds. The molecule has 0 saturated carbocycles. The van der Waals surface area contributed by atoms with E-state index in [-0.39, 0.29) is 0 Å². The second-order valence-electron chi connectivity index (χ2n) is 14.8.